The molecule has 0 saturated heterocycles. The van der Waals surface area contributed by atoms with E-state index in [9.17, 15) is 13.2 Å². The Labute approximate surface area is 115 Å². The van der Waals surface area contributed by atoms with Gasteiger partial charge in [0.05, 0.1) is 23.2 Å². The van der Waals surface area contributed by atoms with Crippen LogP contribution < -0.4 is 5.32 Å². The van der Waals surface area contributed by atoms with Crippen LogP contribution in [-0.2, 0) is 25.9 Å². The molecule has 18 heavy (non-hydrogen) atoms. The summed E-state index contributed by atoms with van der Waals surface area (Å²) in [5.74, 6) is -1.19. The van der Waals surface area contributed by atoms with Crippen molar-refractivity contribution < 1.29 is 17.9 Å². The highest BCUT2D eigenvalue weighted by atomic mass is 35.5. The van der Waals surface area contributed by atoms with E-state index in [1.807, 2.05) is 0 Å². The van der Waals surface area contributed by atoms with E-state index in [2.05, 4.69) is 10.1 Å². The summed E-state index contributed by atoms with van der Waals surface area (Å²) in [5, 5.41) is 2.54. The number of methoxy groups -OCH3 is 1. The Kier molecular flexibility index (Phi) is 6.07. The fourth-order valence-corrected chi connectivity index (χ4v) is 3.26. The highest BCUT2D eigenvalue weighted by Gasteiger charge is 2.16. The molecule has 5 nitrogen and oxygen atoms in total. The third kappa shape index (κ3) is 5.81. The van der Waals surface area contributed by atoms with E-state index in [0.717, 1.165) is 4.88 Å². The van der Waals surface area contributed by atoms with Gasteiger partial charge in [0.25, 0.3) is 0 Å². The van der Waals surface area contributed by atoms with Crippen molar-refractivity contribution in [1.82, 2.24) is 5.32 Å². The number of carbonyl (C=O) groups is 1. The van der Waals surface area contributed by atoms with Crippen molar-refractivity contribution in [2.45, 2.75) is 6.54 Å². The molecule has 1 heterocycles. The van der Waals surface area contributed by atoms with Gasteiger partial charge < -0.3 is 10.1 Å². The number of halogens is 1. The van der Waals surface area contributed by atoms with Gasteiger partial charge in [0, 0.05) is 12.0 Å². The zero-order valence-electron chi connectivity index (χ0n) is 9.81. The normalized spacial score (nSPS) is 11.4. The maximum absolute atomic E-state index is 11.5. The molecule has 102 valence electrons. The smallest absolute Gasteiger partial charge is 0.235 e. The summed E-state index contributed by atoms with van der Waals surface area (Å²) in [6.45, 7) is 0.381. The van der Waals surface area contributed by atoms with Gasteiger partial charge in [0.1, 0.15) is 5.75 Å². The Bertz CT molecular complexity index is 498. The minimum absolute atomic E-state index is 0.0934. The number of thiophene rings is 1. The topological polar surface area (TPSA) is 72.5 Å². The molecule has 0 aliphatic rings. The first-order valence-corrected chi connectivity index (χ1v) is 8.15. The molecule has 0 saturated carbocycles. The molecule has 0 aliphatic carbocycles. The monoisotopic (exact) mass is 311 g/mol. The second kappa shape index (κ2) is 7.08. The standard InChI is InChI=1S/C10H14ClNO4S2/c1-16-4-5-18(14,15)7-10(13)12-6-8-2-3-9(11)17-8/h2-3H,4-7H2,1H3,(H,12,13). The van der Waals surface area contributed by atoms with E-state index in [1.54, 1.807) is 12.1 Å². The van der Waals surface area contributed by atoms with Crippen LogP contribution in [-0.4, -0.2) is 39.5 Å². The Morgan fingerprint density at radius 3 is 2.78 bits per heavy atom. The molecule has 0 fully saturated rings. The lowest BCUT2D eigenvalue weighted by Gasteiger charge is -2.05. The van der Waals surface area contributed by atoms with E-state index in [1.165, 1.54) is 18.4 Å². The number of rotatable bonds is 7. The number of ether oxygens (including phenoxy) is 1. The molecule has 0 aliphatic heterocycles. The minimum Gasteiger partial charge on any atom is -0.384 e. The van der Waals surface area contributed by atoms with Crippen molar-refractivity contribution in [1.29, 1.82) is 0 Å². The van der Waals surface area contributed by atoms with Crippen LogP contribution in [0, 0.1) is 0 Å². The summed E-state index contributed by atoms with van der Waals surface area (Å²) < 4.78 is 28.2. The van der Waals surface area contributed by atoms with Crippen LogP contribution in [0.2, 0.25) is 4.34 Å². The van der Waals surface area contributed by atoms with Gasteiger partial charge in [-0.1, -0.05) is 11.6 Å². The molecule has 8 heteroatoms. The number of nitrogens with one attached hydrogen (secondary N) is 1. The van der Waals surface area contributed by atoms with Gasteiger partial charge in [0.2, 0.25) is 5.91 Å². The van der Waals surface area contributed by atoms with Crippen molar-refractivity contribution in [3.8, 4) is 0 Å². The predicted molar refractivity (Wildman–Crippen MR) is 71.7 cm³/mol. The van der Waals surface area contributed by atoms with Crippen LogP contribution in [0.25, 0.3) is 0 Å². The lowest BCUT2D eigenvalue weighted by molar-refractivity contribution is -0.118. The molecule has 1 amide bonds. The van der Waals surface area contributed by atoms with E-state index < -0.39 is 21.5 Å². The van der Waals surface area contributed by atoms with E-state index >= 15 is 0 Å². The zero-order valence-corrected chi connectivity index (χ0v) is 12.2. The maximum atomic E-state index is 11.5. The summed E-state index contributed by atoms with van der Waals surface area (Å²) in [4.78, 5) is 12.3. The van der Waals surface area contributed by atoms with E-state index in [0.29, 0.717) is 4.34 Å². The molecule has 1 rings (SSSR count). The molecule has 0 radical (unpaired) electrons. The molecule has 0 unspecified atom stereocenters. The Morgan fingerprint density at radius 1 is 1.50 bits per heavy atom. The fraction of sp³-hybridized carbons (Fsp3) is 0.500. The number of hydrogen-bond donors (Lipinski definition) is 1. The first-order valence-electron chi connectivity index (χ1n) is 5.13. The Balaban J connectivity index is 2.37. The van der Waals surface area contributed by atoms with Gasteiger partial charge in [-0.05, 0) is 12.1 Å². The van der Waals surface area contributed by atoms with Gasteiger partial charge >= 0.3 is 0 Å². The Hall–Kier alpha value is -0.630. The lowest BCUT2D eigenvalue weighted by Crippen LogP contribution is -2.31. The van der Waals surface area contributed by atoms with Gasteiger partial charge in [-0.3, -0.25) is 4.79 Å². The van der Waals surface area contributed by atoms with Gasteiger partial charge in [-0.15, -0.1) is 11.3 Å². The predicted octanol–water partition coefficient (Wildman–Crippen LogP) is 1.08. The van der Waals surface area contributed by atoms with Crippen LogP contribution in [0.4, 0.5) is 0 Å². The second-order valence-corrected chi connectivity index (χ2v) is 7.55. The molecule has 0 spiro atoms. The van der Waals surface area contributed by atoms with Crippen LogP contribution in [0.3, 0.4) is 0 Å². The molecule has 0 atom stereocenters. The first-order chi connectivity index (χ1) is 8.43. The van der Waals surface area contributed by atoms with Gasteiger partial charge in [-0.25, -0.2) is 8.42 Å². The van der Waals surface area contributed by atoms with Crippen molar-refractivity contribution in [3.05, 3.63) is 21.3 Å². The Morgan fingerprint density at radius 2 is 2.22 bits per heavy atom. The zero-order chi connectivity index (χ0) is 13.6. The van der Waals surface area contributed by atoms with Crippen LogP contribution in [0.15, 0.2) is 12.1 Å². The highest BCUT2D eigenvalue weighted by Crippen LogP contribution is 2.20. The van der Waals surface area contributed by atoms with Crippen LogP contribution in [0.1, 0.15) is 4.88 Å². The van der Waals surface area contributed by atoms with Crippen molar-refractivity contribution in [2.75, 3.05) is 25.2 Å². The third-order valence-electron chi connectivity index (χ3n) is 2.04. The van der Waals surface area contributed by atoms with E-state index in [-0.39, 0.29) is 18.9 Å². The van der Waals surface area contributed by atoms with E-state index in [4.69, 9.17) is 11.6 Å². The summed E-state index contributed by atoms with van der Waals surface area (Å²) >= 11 is 7.08. The summed E-state index contributed by atoms with van der Waals surface area (Å²) in [5.41, 5.74) is 0. The number of carbonyl (C=O) groups excluding carboxylic acids is 1. The molecule has 1 aromatic heterocycles. The second-order valence-electron chi connectivity index (χ2n) is 3.57. The lowest BCUT2D eigenvalue weighted by atomic mass is 10.4. The molecule has 0 bridgehead atoms. The van der Waals surface area contributed by atoms with Crippen LogP contribution in [0.5, 0.6) is 0 Å². The SMILES string of the molecule is COCCS(=O)(=O)CC(=O)NCc1ccc(Cl)s1. The quantitative estimate of drug-likeness (QED) is 0.818. The summed E-state index contributed by atoms with van der Waals surface area (Å²) in [6, 6.07) is 3.51. The third-order valence-corrected chi connectivity index (χ3v) is 4.76. The molecular weight excluding hydrogens is 298 g/mol. The molecule has 1 N–H and O–H groups in total. The van der Waals surface area contributed by atoms with Crippen LogP contribution >= 0.6 is 22.9 Å². The fourth-order valence-electron chi connectivity index (χ4n) is 1.17. The molecule has 1 aromatic rings. The average Bonchev–Trinajstić information content (AvgIpc) is 2.69. The first kappa shape index (κ1) is 15.4. The molecular formula is C10H14ClNO4S2. The summed E-state index contributed by atoms with van der Waals surface area (Å²) in [7, 11) is -1.99. The van der Waals surface area contributed by atoms with Gasteiger partial charge in [0.15, 0.2) is 9.84 Å². The van der Waals surface area contributed by atoms with Gasteiger partial charge in [-0.2, -0.15) is 0 Å². The average molecular weight is 312 g/mol. The maximum Gasteiger partial charge on any atom is 0.235 e. The van der Waals surface area contributed by atoms with Crippen molar-refractivity contribution in [3.63, 3.8) is 0 Å². The number of hydrogen-bond acceptors (Lipinski definition) is 5. The minimum atomic E-state index is -3.40. The largest absolute Gasteiger partial charge is 0.384 e. The highest BCUT2D eigenvalue weighted by molar-refractivity contribution is 7.92. The molecule has 0 aromatic carbocycles. The van der Waals surface area contributed by atoms with Crippen molar-refractivity contribution >= 4 is 38.7 Å². The number of amides is 1. The number of sulfone groups is 1. The van der Waals surface area contributed by atoms with Crippen molar-refractivity contribution in [2.24, 2.45) is 0 Å². The summed E-state index contributed by atoms with van der Waals surface area (Å²) in [6.07, 6.45) is 0.